The third-order valence-electron chi connectivity index (χ3n) is 4.09. The standard InChI is InChI=1S/C17H28N6O9/c1-7(14(28)22-9(17(31)32)3-5-13(26)27)21-16(30)10(6-12(20)25)23-15(29)8(18)2-4-11(19)24/h7-10H,2-6,18H2,1H3,(H2,19,24)(H2,20,25)(H,21,30)(H,22,28)(H,23,29)(H,26,27)(H,31,32). The number of carbonyl (C=O) groups is 7. The predicted molar refractivity (Wildman–Crippen MR) is 106 cm³/mol. The SMILES string of the molecule is CC(NC(=O)C(CC(N)=O)NC(=O)C(N)CCC(N)=O)C(=O)NC(CCC(=O)O)C(=O)O. The Morgan fingerprint density at radius 1 is 0.750 bits per heavy atom. The molecule has 0 saturated carbocycles. The molecule has 4 unspecified atom stereocenters. The fraction of sp³-hybridized carbons (Fsp3) is 0.588. The van der Waals surface area contributed by atoms with Gasteiger partial charge in [0.1, 0.15) is 18.1 Å². The van der Waals surface area contributed by atoms with Gasteiger partial charge < -0.3 is 43.4 Å². The molecule has 180 valence electrons. The first-order chi connectivity index (χ1) is 14.7. The van der Waals surface area contributed by atoms with Gasteiger partial charge in [-0.25, -0.2) is 4.79 Å². The van der Waals surface area contributed by atoms with Crippen LogP contribution < -0.4 is 33.2 Å². The maximum absolute atomic E-state index is 12.4. The van der Waals surface area contributed by atoms with Crippen LogP contribution >= 0.6 is 0 Å². The van der Waals surface area contributed by atoms with Crippen LogP contribution in [-0.2, 0) is 33.6 Å². The van der Waals surface area contributed by atoms with E-state index < -0.39 is 78.5 Å². The molecular formula is C17H28N6O9. The predicted octanol–water partition coefficient (Wildman–Crippen LogP) is -4.12. The first kappa shape index (κ1) is 28.2. The number of carboxylic acids is 2. The molecule has 5 amide bonds. The van der Waals surface area contributed by atoms with Crippen molar-refractivity contribution in [3.05, 3.63) is 0 Å². The van der Waals surface area contributed by atoms with Gasteiger partial charge in [-0.15, -0.1) is 0 Å². The molecule has 32 heavy (non-hydrogen) atoms. The number of hydrogen-bond acceptors (Lipinski definition) is 8. The second-order valence-corrected chi connectivity index (χ2v) is 6.91. The lowest BCUT2D eigenvalue weighted by molar-refractivity contribution is -0.143. The molecule has 0 aliphatic carbocycles. The van der Waals surface area contributed by atoms with Crippen molar-refractivity contribution in [2.24, 2.45) is 17.2 Å². The lowest BCUT2D eigenvalue weighted by Gasteiger charge is -2.22. The van der Waals surface area contributed by atoms with Crippen LogP contribution in [0.15, 0.2) is 0 Å². The van der Waals surface area contributed by atoms with Crippen LogP contribution in [0.5, 0.6) is 0 Å². The van der Waals surface area contributed by atoms with E-state index in [1.807, 2.05) is 0 Å². The number of carboxylic acid groups (broad SMARTS) is 2. The van der Waals surface area contributed by atoms with Crippen molar-refractivity contribution in [3.8, 4) is 0 Å². The van der Waals surface area contributed by atoms with Crippen LogP contribution in [0.4, 0.5) is 0 Å². The topological polar surface area (TPSA) is 274 Å². The van der Waals surface area contributed by atoms with E-state index in [0.29, 0.717) is 0 Å². The van der Waals surface area contributed by atoms with Gasteiger partial charge in [-0.1, -0.05) is 0 Å². The maximum atomic E-state index is 12.4. The van der Waals surface area contributed by atoms with Crippen molar-refractivity contribution in [2.75, 3.05) is 0 Å². The highest BCUT2D eigenvalue weighted by Crippen LogP contribution is 2.01. The molecule has 0 heterocycles. The smallest absolute Gasteiger partial charge is 0.326 e. The Morgan fingerprint density at radius 2 is 1.31 bits per heavy atom. The molecule has 0 spiro atoms. The number of aliphatic carboxylic acids is 2. The summed E-state index contributed by atoms with van der Waals surface area (Å²) in [5.41, 5.74) is 15.6. The quantitative estimate of drug-likeness (QED) is 0.117. The number of carbonyl (C=O) groups excluding carboxylic acids is 5. The molecule has 0 bridgehead atoms. The first-order valence-corrected chi connectivity index (χ1v) is 9.42. The van der Waals surface area contributed by atoms with Crippen molar-refractivity contribution in [1.29, 1.82) is 0 Å². The largest absolute Gasteiger partial charge is 0.481 e. The number of amides is 5. The zero-order valence-corrected chi connectivity index (χ0v) is 17.3. The van der Waals surface area contributed by atoms with E-state index in [1.165, 1.54) is 6.92 Å². The van der Waals surface area contributed by atoms with Crippen LogP contribution in [0.2, 0.25) is 0 Å². The van der Waals surface area contributed by atoms with Crippen molar-refractivity contribution in [1.82, 2.24) is 16.0 Å². The Kier molecular flexibility index (Phi) is 11.9. The minimum Gasteiger partial charge on any atom is -0.481 e. The monoisotopic (exact) mass is 460 g/mol. The zero-order chi connectivity index (χ0) is 25.0. The van der Waals surface area contributed by atoms with Crippen molar-refractivity contribution in [3.63, 3.8) is 0 Å². The lowest BCUT2D eigenvalue weighted by Crippen LogP contribution is -2.57. The molecule has 0 aromatic heterocycles. The lowest BCUT2D eigenvalue weighted by atomic mass is 10.1. The van der Waals surface area contributed by atoms with Crippen LogP contribution in [0, 0.1) is 0 Å². The molecule has 0 fully saturated rings. The summed E-state index contributed by atoms with van der Waals surface area (Å²) < 4.78 is 0. The Hall–Kier alpha value is -3.75. The minimum absolute atomic E-state index is 0.113. The normalized spacial score (nSPS) is 14.2. The number of primary amides is 2. The molecule has 4 atom stereocenters. The molecule has 0 aliphatic rings. The molecule has 0 saturated heterocycles. The molecule has 0 aromatic rings. The number of rotatable bonds is 15. The Morgan fingerprint density at radius 3 is 1.78 bits per heavy atom. The van der Waals surface area contributed by atoms with Gasteiger partial charge in [0.2, 0.25) is 29.5 Å². The fourth-order valence-corrected chi connectivity index (χ4v) is 2.32. The molecule has 0 rings (SSSR count). The van der Waals surface area contributed by atoms with Crippen molar-refractivity contribution in [2.45, 2.75) is 63.2 Å². The summed E-state index contributed by atoms with van der Waals surface area (Å²) in [5.74, 6) is -7.18. The first-order valence-electron chi connectivity index (χ1n) is 9.42. The fourth-order valence-electron chi connectivity index (χ4n) is 2.32. The van der Waals surface area contributed by atoms with Gasteiger partial charge in [-0.05, 0) is 19.8 Å². The second-order valence-electron chi connectivity index (χ2n) is 6.91. The van der Waals surface area contributed by atoms with Gasteiger partial charge in [0, 0.05) is 12.8 Å². The Balaban J connectivity index is 5.07. The van der Waals surface area contributed by atoms with E-state index in [2.05, 4.69) is 16.0 Å². The van der Waals surface area contributed by atoms with E-state index in [1.54, 1.807) is 0 Å². The molecule has 15 heteroatoms. The van der Waals surface area contributed by atoms with Gasteiger partial charge >= 0.3 is 11.9 Å². The number of nitrogens with two attached hydrogens (primary N) is 3. The van der Waals surface area contributed by atoms with Crippen LogP contribution in [0.25, 0.3) is 0 Å². The average molecular weight is 460 g/mol. The summed E-state index contributed by atoms with van der Waals surface area (Å²) in [5, 5.41) is 24.2. The van der Waals surface area contributed by atoms with E-state index in [-0.39, 0.29) is 19.3 Å². The molecule has 0 aromatic carbocycles. The molecular weight excluding hydrogens is 432 g/mol. The molecule has 11 N–H and O–H groups in total. The van der Waals surface area contributed by atoms with Crippen LogP contribution in [-0.4, -0.2) is 75.9 Å². The van der Waals surface area contributed by atoms with Crippen LogP contribution in [0.3, 0.4) is 0 Å². The molecule has 0 radical (unpaired) electrons. The third-order valence-corrected chi connectivity index (χ3v) is 4.09. The van der Waals surface area contributed by atoms with Crippen LogP contribution in [0.1, 0.15) is 39.0 Å². The number of hydrogen-bond donors (Lipinski definition) is 8. The second kappa shape index (κ2) is 13.5. The Labute approximate surface area is 182 Å². The third kappa shape index (κ3) is 11.4. The summed E-state index contributed by atoms with van der Waals surface area (Å²) in [7, 11) is 0. The van der Waals surface area contributed by atoms with E-state index in [0.717, 1.165) is 0 Å². The number of nitrogens with one attached hydrogen (secondary N) is 3. The van der Waals surface area contributed by atoms with Gasteiger partial charge in [0.15, 0.2) is 0 Å². The van der Waals surface area contributed by atoms with Crippen molar-refractivity contribution >= 4 is 41.5 Å². The summed E-state index contributed by atoms with van der Waals surface area (Å²) >= 11 is 0. The summed E-state index contributed by atoms with van der Waals surface area (Å²) in [6.07, 6.45) is -1.84. The van der Waals surface area contributed by atoms with Gasteiger partial charge in [-0.3, -0.25) is 28.8 Å². The summed E-state index contributed by atoms with van der Waals surface area (Å²) in [6.45, 7) is 1.20. The molecule has 15 nitrogen and oxygen atoms in total. The molecule has 0 aliphatic heterocycles. The summed E-state index contributed by atoms with van der Waals surface area (Å²) in [6, 6.07) is -5.54. The highest BCUT2D eigenvalue weighted by atomic mass is 16.4. The van der Waals surface area contributed by atoms with Gasteiger partial charge in [0.25, 0.3) is 0 Å². The van der Waals surface area contributed by atoms with E-state index in [4.69, 9.17) is 27.4 Å². The van der Waals surface area contributed by atoms with E-state index in [9.17, 15) is 33.6 Å². The highest BCUT2D eigenvalue weighted by molar-refractivity contribution is 5.96. The van der Waals surface area contributed by atoms with Crippen molar-refractivity contribution < 1.29 is 43.8 Å². The minimum atomic E-state index is -1.51. The van der Waals surface area contributed by atoms with E-state index >= 15 is 0 Å². The zero-order valence-electron chi connectivity index (χ0n) is 17.3. The summed E-state index contributed by atoms with van der Waals surface area (Å²) in [4.78, 5) is 80.5. The average Bonchev–Trinajstić information content (AvgIpc) is 2.67. The Bertz CT molecular complexity index is 757. The van der Waals surface area contributed by atoms with Gasteiger partial charge in [0.05, 0.1) is 12.5 Å². The highest BCUT2D eigenvalue weighted by Gasteiger charge is 2.29. The maximum Gasteiger partial charge on any atom is 0.326 e. The van der Waals surface area contributed by atoms with Gasteiger partial charge in [-0.2, -0.15) is 0 Å².